The Balaban J connectivity index is 1.99. The fraction of sp³-hybridized carbons (Fsp3) is 0.625. The Hall–Kier alpha value is -0.540. The van der Waals surface area contributed by atoms with Crippen LogP contribution in [-0.2, 0) is 0 Å². The van der Waals surface area contributed by atoms with Gasteiger partial charge < -0.3 is 10.5 Å². The molecule has 2 aliphatic rings. The summed E-state index contributed by atoms with van der Waals surface area (Å²) in [5, 5.41) is 0. The summed E-state index contributed by atoms with van der Waals surface area (Å²) in [6.07, 6.45) is 3.25. The fourth-order valence-electron chi connectivity index (χ4n) is 4.13. The lowest BCUT2D eigenvalue weighted by molar-refractivity contribution is 0.00180. The Morgan fingerprint density at radius 2 is 2.05 bits per heavy atom. The Kier molecular flexibility index (Phi) is 2.99. The van der Waals surface area contributed by atoms with E-state index in [2.05, 4.69) is 48.8 Å². The van der Waals surface area contributed by atoms with Gasteiger partial charge in [-0.05, 0) is 42.4 Å². The van der Waals surface area contributed by atoms with Crippen molar-refractivity contribution in [2.24, 2.45) is 17.1 Å². The minimum Gasteiger partial charge on any atom is -0.487 e. The van der Waals surface area contributed by atoms with E-state index in [-0.39, 0.29) is 11.6 Å². The minimum atomic E-state index is -0.0657. The minimum absolute atomic E-state index is 0.0657. The monoisotopic (exact) mass is 323 g/mol. The number of halogens is 1. The van der Waals surface area contributed by atoms with Crippen molar-refractivity contribution in [1.82, 2.24) is 0 Å². The lowest BCUT2D eigenvalue weighted by Crippen LogP contribution is -2.45. The van der Waals surface area contributed by atoms with E-state index in [0.717, 1.165) is 28.6 Å². The Labute approximate surface area is 123 Å². The molecule has 1 aromatic carbocycles. The maximum Gasteiger partial charge on any atom is 0.125 e. The van der Waals surface area contributed by atoms with E-state index in [4.69, 9.17) is 10.5 Å². The molecular formula is C16H22BrNO. The molecular weight excluding hydrogens is 302 g/mol. The molecule has 1 heterocycles. The molecule has 1 aliphatic heterocycles. The molecule has 3 rings (SSSR count). The maximum absolute atomic E-state index is 6.45. The molecule has 1 aromatic rings. The van der Waals surface area contributed by atoms with E-state index in [1.807, 2.05) is 6.07 Å². The van der Waals surface area contributed by atoms with Crippen molar-refractivity contribution in [3.05, 3.63) is 28.2 Å². The first kappa shape index (κ1) is 13.4. The lowest BCUT2D eigenvalue weighted by Gasteiger charge is -2.42. The van der Waals surface area contributed by atoms with Gasteiger partial charge in [0.15, 0.2) is 0 Å². The second-order valence-electron chi connectivity index (χ2n) is 7.11. The molecule has 1 aliphatic carbocycles. The van der Waals surface area contributed by atoms with Crippen LogP contribution in [0, 0.1) is 11.3 Å². The van der Waals surface area contributed by atoms with E-state index in [1.54, 1.807) is 0 Å². The van der Waals surface area contributed by atoms with Gasteiger partial charge in [0.25, 0.3) is 0 Å². The lowest BCUT2D eigenvalue weighted by atomic mass is 9.80. The largest absolute Gasteiger partial charge is 0.487 e. The highest BCUT2D eigenvalue weighted by molar-refractivity contribution is 9.10. The van der Waals surface area contributed by atoms with Gasteiger partial charge in [0, 0.05) is 22.5 Å². The smallest absolute Gasteiger partial charge is 0.125 e. The first-order valence-electron chi connectivity index (χ1n) is 7.05. The van der Waals surface area contributed by atoms with Gasteiger partial charge in [-0.25, -0.2) is 0 Å². The molecule has 0 saturated heterocycles. The van der Waals surface area contributed by atoms with Gasteiger partial charge in [-0.15, -0.1) is 0 Å². The molecule has 3 atom stereocenters. The third kappa shape index (κ3) is 2.21. The molecule has 1 saturated carbocycles. The van der Waals surface area contributed by atoms with E-state index in [0.29, 0.717) is 11.3 Å². The van der Waals surface area contributed by atoms with Crippen LogP contribution in [0.4, 0.5) is 0 Å². The summed E-state index contributed by atoms with van der Waals surface area (Å²) >= 11 is 3.51. The summed E-state index contributed by atoms with van der Waals surface area (Å²) in [5.41, 5.74) is 7.84. The van der Waals surface area contributed by atoms with Gasteiger partial charge in [-0.1, -0.05) is 36.7 Å². The van der Waals surface area contributed by atoms with E-state index >= 15 is 0 Å². The van der Waals surface area contributed by atoms with Crippen LogP contribution in [0.25, 0.3) is 0 Å². The van der Waals surface area contributed by atoms with Crippen LogP contribution >= 0.6 is 15.9 Å². The van der Waals surface area contributed by atoms with Crippen LogP contribution in [0.3, 0.4) is 0 Å². The zero-order chi connectivity index (χ0) is 13.8. The van der Waals surface area contributed by atoms with Crippen molar-refractivity contribution in [2.45, 2.75) is 51.7 Å². The molecule has 1 spiro atoms. The number of rotatable bonds is 0. The van der Waals surface area contributed by atoms with Gasteiger partial charge in [0.2, 0.25) is 0 Å². The molecule has 2 N–H and O–H groups in total. The van der Waals surface area contributed by atoms with Gasteiger partial charge in [-0.3, -0.25) is 0 Å². The predicted octanol–water partition coefficient (Wildman–Crippen LogP) is 4.43. The van der Waals surface area contributed by atoms with Crippen LogP contribution in [0.5, 0.6) is 5.75 Å². The number of nitrogens with two attached hydrogens (primary N) is 1. The molecule has 3 heteroatoms. The SMILES string of the molecule is CC1CC(C)(C)CC12C[C@@H](N)c1cc(Br)ccc1O2. The third-order valence-electron chi connectivity index (χ3n) is 4.78. The van der Waals surface area contributed by atoms with Gasteiger partial charge >= 0.3 is 0 Å². The first-order valence-corrected chi connectivity index (χ1v) is 7.85. The topological polar surface area (TPSA) is 35.2 Å². The second kappa shape index (κ2) is 4.23. The molecule has 0 aromatic heterocycles. The highest BCUT2D eigenvalue weighted by Crippen LogP contribution is 2.55. The zero-order valence-electron chi connectivity index (χ0n) is 11.9. The fourth-order valence-corrected chi connectivity index (χ4v) is 4.51. The molecule has 2 unspecified atom stereocenters. The molecule has 0 radical (unpaired) electrons. The Morgan fingerprint density at radius 1 is 1.32 bits per heavy atom. The first-order chi connectivity index (χ1) is 8.81. The highest BCUT2D eigenvalue weighted by Gasteiger charge is 2.53. The maximum atomic E-state index is 6.45. The molecule has 0 amide bonds. The Bertz CT molecular complexity index is 513. The average Bonchev–Trinajstić information content (AvgIpc) is 2.49. The molecule has 2 nitrogen and oxygen atoms in total. The highest BCUT2D eigenvalue weighted by atomic mass is 79.9. The van der Waals surface area contributed by atoms with Gasteiger partial charge in [-0.2, -0.15) is 0 Å². The van der Waals surface area contributed by atoms with E-state index < -0.39 is 0 Å². The molecule has 1 fully saturated rings. The average molecular weight is 324 g/mol. The number of fused-ring (bicyclic) bond motifs is 1. The normalized spacial score (nSPS) is 36.1. The van der Waals surface area contributed by atoms with Crippen LogP contribution in [-0.4, -0.2) is 5.60 Å². The summed E-state index contributed by atoms with van der Waals surface area (Å²) in [5.74, 6) is 1.54. The summed E-state index contributed by atoms with van der Waals surface area (Å²) in [4.78, 5) is 0. The molecule has 19 heavy (non-hydrogen) atoms. The van der Waals surface area contributed by atoms with Crippen LogP contribution in [0.15, 0.2) is 22.7 Å². The molecule has 104 valence electrons. The zero-order valence-corrected chi connectivity index (χ0v) is 13.5. The van der Waals surface area contributed by atoms with Crippen LogP contribution in [0.1, 0.15) is 51.6 Å². The summed E-state index contributed by atoms with van der Waals surface area (Å²) < 4.78 is 7.52. The van der Waals surface area contributed by atoms with Crippen molar-refractivity contribution in [1.29, 1.82) is 0 Å². The van der Waals surface area contributed by atoms with Crippen molar-refractivity contribution < 1.29 is 4.74 Å². The summed E-state index contributed by atoms with van der Waals surface area (Å²) in [6, 6.07) is 6.27. The third-order valence-corrected chi connectivity index (χ3v) is 5.28. The summed E-state index contributed by atoms with van der Waals surface area (Å²) in [6.45, 7) is 6.99. The summed E-state index contributed by atoms with van der Waals surface area (Å²) in [7, 11) is 0. The van der Waals surface area contributed by atoms with Crippen molar-refractivity contribution >= 4 is 15.9 Å². The standard InChI is InChI=1S/C16H22BrNO/c1-10-7-15(2,3)9-16(10)8-13(18)12-6-11(17)4-5-14(12)19-16/h4-6,10,13H,7-9,18H2,1-3H3/t10?,13-,16?/m1/s1. The van der Waals surface area contributed by atoms with Crippen LogP contribution < -0.4 is 10.5 Å². The van der Waals surface area contributed by atoms with E-state index in [1.165, 1.54) is 6.42 Å². The predicted molar refractivity (Wildman–Crippen MR) is 81.2 cm³/mol. The quantitative estimate of drug-likeness (QED) is 0.766. The second-order valence-corrected chi connectivity index (χ2v) is 8.02. The number of hydrogen-bond donors (Lipinski definition) is 1. The van der Waals surface area contributed by atoms with Crippen molar-refractivity contribution in [2.75, 3.05) is 0 Å². The number of hydrogen-bond acceptors (Lipinski definition) is 2. The van der Waals surface area contributed by atoms with Gasteiger partial charge in [0.05, 0.1) is 0 Å². The van der Waals surface area contributed by atoms with Gasteiger partial charge in [0.1, 0.15) is 11.4 Å². The van der Waals surface area contributed by atoms with Crippen molar-refractivity contribution in [3.63, 3.8) is 0 Å². The van der Waals surface area contributed by atoms with Crippen molar-refractivity contribution in [3.8, 4) is 5.75 Å². The Morgan fingerprint density at radius 3 is 2.68 bits per heavy atom. The molecule has 0 bridgehead atoms. The van der Waals surface area contributed by atoms with Crippen LogP contribution in [0.2, 0.25) is 0 Å². The van der Waals surface area contributed by atoms with E-state index in [9.17, 15) is 0 Å². The number of benzene rings is 1. The number of ether oxygens (including phenoxy) is 1.